The van der Waals surface area contributed by atoms with Gasteiger partial charge in [-0.3, -0.25) is 4.79 Å². The Morgan fingerprint density at radius 3 is 2.56 bits per heavy atom. The quantitative estimate of drug-likeness (QED) is 0.783. The number of nitrogens with zero attached hydrogens (tertiary/aromatic N) is 1. The predicted molar refractivity (Wildman–Crippen MR) is 103 cm³/mol. The van der Waals surface area contributed by atoms with Gasteiger partial charge in [0.25, 0.3) is 0 Å². The van der Waals surface area contributed by atoms with E-state index in [4.69, 9.17) is 0 Å². The van der Waals surface area contributed by atoms with E-state index in [1.807, 2.05) is 19.1 Å². The maximum Gasteiger partial charge on any atom is 0.224 e. The Balaban J connectivity index is 1.23. The van der Waals surface area contributed by atoms with Crippen LogP contribution in [-0.4, -0.2) is 10.9 Å². The van der Waals surface area contributed by atoms with E-state index in [2.05, 4.69) is 16.4 Å². The molecule has 0 saturated heterocycles. The van der Waals surface area contributed by atoms with Crippen LogP contribution in [0.2, 0.25) is 0 Å². The molecule has 1 aromatic heterocycles. The van der Waals surface area contributed by atoms with Crippen LogP contribution in [0.5, 0.6) is 0 Å². The van der Waals surface area contributed by atoms with Crippen molar-refractivity contribution in [1.29, 1.82) is 0 Å². The number of hydrogen-bond donors (Lipinski definition) is 1. The molecular weight excluding hydrogens is 328 g/mol. The molecule has 25 heavy (non-hydrogen) atoms. The number of anilines is 1. The summed E-state index contributed by atoms with van der Waals surface area (Å²) in [5.41, 5.74) is 2.42. The molecule has 3 nitrogen and oxygen atoms in total. The predicted octanol–water partition coefficient (Wildman–Crippen LogP) is 5.54. The van der Waals surface area contributed by atoms with Gasteiger partial charge in [0.1, 0.15) is 0 Å². The van der Waals surface area contributed by atoms with Crippen LogP contribution in [0.15, 0.2) is 18.2 Å². The lowest BCUT2D eigenvalue weighted by atomic mass is 9.48. The highest BCUT2D eigenvalue weighted by atomic mass is 32.1. The number of carbonyl (C=O) groups excluding carboxylic acids is 1. The molecule has 4 fully saturated rings. The van der Waals surface area contributed by atoms with Gasteiger partial charge >= 0.3 is 0 Å². The van der Waals surface area contributed by atoms with E-state index in [1.54, 1.807) is 11.3 Å². The lowest BCUT2D eigenvalue weighted by Gasteiger charge is -2.57. The monoisotopic (exact) mass is 354 g/mol. The van der Waals surface area contributed by atoms with Gasteiger partial charge in [-0.2, -0.15) is 0 Å². The first kappa shape index (κ1) is 15.8. The van der Waals surface area contributed by atoms with E-state index in [0.29, 0.717) is 11.8 Å². The van der Waals surface area contributed by atoms with Gasteiger partial charge < -0.3 is 5.32 Å². The van der Waals surface area contributed by atoms with Crippen molar-refractivity contribution in [3.8, 4) is 0 Å². The first-order valence-corrected chi connectivity index (χ1v) is 10.6. The Labute approximate surface area is 153 Å². The number of rotatable bonds is 4. The fourth-order valence-electron chi connectivity index (χ4n) is 6.32. The van der Waals surface area contributed by atoms with Crippen LogP contribution in [0.3, 0.4) is 0 Å². The Morgan fingerprint density at radius 1 is 1.20 bits per heavy atom. The number of carbonyl (C=O) groups is 1. The van der Waals surface area contributed by atoms with Crippen LogP contribution in [0.1, 0.15) is 56.4 Å². The molecule has 4 heteroatoms. The molecule has 1 N–H and O–H groups in total. The number of nitrogens with one attached hydrogen (secondary N) is 1. The molecule has 4 aliphatic carbocycles. The molecule has 6 rings (SSSR count). The third kappa shape index (κ3) is 2.99. The Bertz CT molecular complexity index is 789. The number of hydrogen-bond acceptors (Lipinski definition) is 3. The fraction of sp³-hybridized carbons (Fsp3) is 0.619. The maximum atomic E-state index is 12.5. The number of amides is 1. The van der Waals surface area contributed by atoms with E-state index in [9.17, 15) is 4.79 Å². The van der Waals surface area contributed by atoms with Crippen LogP contribution < -0.4 is 5.32 Å². The zero-order chi connectivity index (χ0) is 17.0. The van der Waals surface area contributed by atoms with Gasteiger partial charge in [0.05, 0.1) is 15.2 Å². The zero-order valence-electron chi connectivity index (χ0n) is 14.9. The van der Waals surface area contributed by atoms with Crippen LogP contribution in [0, 0.1) is 30.1 Å². The van der Waals surface area contributed by atoms with Gasteiger partial charge in [-0.25, -0.2) is 4.98 Å². The number of thiazole rings is 1. The van der Waals surface area contributed by atoms with E-state index in [0.717, 1.165) is 45.1 Å². The number of fused-ring (bicyclic) bond motifs is 1. The molecule has 0 unspecified atom stereocenters. The van der Waals surface area contributed by atoms with E-state index < -0.39 is 0 Å². The highest BCUT2D eigenvalue weighted by Gasteiger charge is 2.50. The average Bonchev–Trinajstić information content (AvgIpc) is 2.91. The van der Waals surface area contributed by atoms with Crippen LogP contribution >= 0.6 is 11.3 Å². The summed E-state index contributed by atoms with van der Waals surface area (Å²) in [4.78, 5) is 17.0. The lowest BCUT2D eigenvalue weighted by molar-refractivity contribution is -0.118. The fourth-order valence-corrected chi connectivity index (χ4v) is 7.18. The second-order valence-corrected chi connectivity index (χ2v) is 10.1. The van der Waals surface area contributed by atoms with Gasteiger partial charge in [-0.05, 0) is 93.2 Å². The van der Waals surface area contributed by atoms with Crippen molar-refractivity contribution in [3.05, 3.63) is 23.2 Å². The summed E-state index contributed by atoms with van der Waals surface area (Å²) in [5, 5.41) is 4.19. The molecule has 0 aliphatic heterocycles. The minimum Gasteiger partial charge on any atom is -0.326 e. The van der Waals surface area contributed by atoms with Gasteiger partial charge in [0.2, 0.25) is 5.91 Å². The van der Waals surface area contributed by atoms with Crippen molar-refractivity contribution in [2.75, 3.05) is 5.32 Å². The highest BCUT2D eigenvalue weighted by Crippen LogP contribution is 2.61. The lowest BCUT2D eigenvalue weighted by Crippen LogP contribution is -2.46. The second-order valence-electron chi connectivity index (χ2n) is 8.88. The topological polar surface area (TPSA) is 42.0 Å². The van der Waals surface area contributed by atoms with Crippen molar-refractivity contribution in [1.82, 2.24) is 4.98 Å². The minimum atomic E-state index is 0.177. The smallest absolute Gasteiger partial charge is 0.224 e. The van der Waals surface area contributed by atoms with Crippen molar-refractivity contribution >= 4 is 33.1 Å². The van der Waals surface area contributed by atoms with E-state index in [1.165, 1.54) is 38.5 Å². The van der Waals surface area contributed by atoms with Gasteiger partial charge in [0.15, 0.2) is 0 Å². The average molecular weight is 355 g/mol. The molecule has 4 saturated carbocycles. The number of aryl methyl sites for hydroxylation is 1. The van der Waals surface area contributed by atoms with Crippen molar-refractivity contribution in [2.24, 2.45) is 23.2 Å². The summed E-state index contributed by atoms with van der Waals surface area (Å²) in [6.07, 6.45) is 10.3. The van der Waals surface area contributed by atoms with Crippen molar-refractivity contribution in [3.63, 3.8) is 0 Å². The highest BCUT2D eigenvalue weighted by molar-refractivity contribution is 7.18. The molecule has 132 valence electrons. The Morgan fingerprint density at radius 2 is 1.88 bits per heavy atom. The Kier molecular flexibility index (Phi) is 3.67. The molecule has 1 aromatic carbocycles. The molecule has 0 spiro atoms. The molecule has 1 amide bonds. The van der Waals surface area contributed by atoms with Gasteiger partial charge in [-0.1, -0.05) is 0 Å². The first-order chi connectivity index (χ1) is 12.1. The van der Waals surface area contributed by atoms with Crippen LogP contribution in [-0.2, 0) is 4.79 Å². The minimum absolute atomic E-state index is 0.177. The standard InChI is InChI=1S/C21H26N2OS/c1-13-22-18-3-2-17(9-19(18)25-13)23-20(24)4-5-21-10-14-6-15(11-21)8-16(7-14)12-21/h2-3,9,14-16H,4-8,10-12H2,1H3,(H,23,24). The Hall–Kier alpha value is -1.42. The molecule has 2 aromatic rings. The SMILES string of the molecule is Cc1nc2ccc(NC(=O)CCC34CC5CC(CC(C5)C3)C4)cc2s1. The number of benzene rings is 1. The largest absolute Gasteiger partial charge is 0.326 e. The van der Waals surface area contributed by atoms with Crippen LogP contribution in [0.25, 0.3) is 10.2 Å². The molecule has 0 atom stereocenters. The number of aromatic nitrogens is 1. The third-order valence-corrected chi connectivity index (χ3v) is 7.76. The van der Waals surface area contributed by atoms with E-state index in [-0.39, 0.29) is 5.91 Å². The van der Waals surface area contributed by atoms with Crippen LogP contribution in [0.4, 0.5) is 5.69 Å². The molecule has 4 aliphatic rings. The third-order valence-electron chi connectivity index (χ3n) is 6.83. The summed E-state index contributed by atoms with van der Waals surface area (Å²) in [6, 6.07) is 6.04. The van der Waals surface area contributed by atoms with Gasteiger partial charge in [0, 0.05) is 12.1 Å². The summed E-state index contributed by atoms with van der Waals surface area (Å²) in [6.45, 7) is 2.02. The van der Waals surface area contributed by atoms with Crippen molar-refractivity contribution in [2.45, 2.75) is 58.3 Å². The summed E-state index contributed by atoms with van der Waals surface area (Å²) < 4.78 is 1.15. The first-order valence-electron chi connectivity index (χ1n) is 9.74. The summed E-state index contributed by atoms with van der Waals surface area (Å²) >= 11 is 1.68. The van der Waals surface area contributed by atoms with Gasteiger partial charge in [-0.15, -0.1) is 11.3 Å². The molecule has 0 radical (unpaired) electrons. The van der Waals surface area contributed by atoms with E-state index >= 15 is 0 Å². The zero-order valence-corrected chi connectivity index (χ0v) is 15.7. The normalized spacial score (nSPS) is 33.1. The summed E-state index contributed by atoms with van der Waals surface area (Å²) in [7, 11) is 0. The molecule has 1 heterocycles. The van der Waals surface area contributed by atoms with Crippen molar-refractivity contribution < 1.29 is 4.79 Å². The second kappa shape index (κ2) is 5.80. The molecule has 4 bridgehead atoms. The molecular formula is C21H26N2OS. The maximum absolute atomic E-state index is 12.5. The summed E-state index contributed by atoms with van der Waals surface area (Å²) in [5.74, 6) is 3.07.